The molecule has 10 heteroatoms. The molecule has 0 aliphatic carbocycles. The van der Waals surface area contributed by atoms with Crippen molar-refractivity contribution in [3.63, 3.8) is 0 Å². The van der Waals surface area contributed by atoms with E-state index in [1.165, 1.54) is 23.2 Å². The summed E-state index contributed by atoms with van der Waals surface area (Å²) >= 11 is 0. The van der Waals surface area contributed by atoms with Crippen LogP contribution in [0.15, 0.2) is 18.3 Å². The van der Waals surface area contributed by atoms with Gasteiger partial charge >= 0.3 is 5.82 Å². The summed E-state index contributed by atoms with van der Waals surface area (Å²) in [4.78, 5) is 27.4. The van der Waals surface area contributed by atoms with E-state index in [0.29, 0.717) is 13.0 Å². The van der Waals surface area contributed by atoms with Crippen LogP contribution in [0.25, 0.3) is 0 Å². The number of hydrogen-bond acceptors (Lipinski definition) is 7. The normalized spacial score (nSPS) is 19.3. The van der Waals surface area contributed by atoms with Crippen LogP contribution in [0.3, 0.4) is 0 Å². The quantitative estimate of drug-likeness (QED) is 0.541. The molecule has 1 atom stereocenters. The van der Waals surface area contributed by atoms with E-state index in [1.54, 1.807) is 6.92 Å². The van der Waals surface area contributed by atoms with Gasteiger partial charge in [-0.05, 0) is 35.4 Å². The molecule has 0 unspecified atom stereocenters. The Hall–Kier alpha value is -2.23. The van der Waals surface area contributed by atoms with Crippen LogP contribution in [0.4, 0.5) is 5.82 Å². The van der Waals surface area contributed by atoms with Gasteiger partial charge in [-0.2, -0.15) is 0 Å². The van der Waals surface area contributed by atoms with Crippen LogP contribution in [0.1, 0.15) is 13.3 Å². The molecule has 1 aliphatic rings. The molecule has 2 heterocycles. The first kappa shape index (κ1) is 17.1. The summed E-state index contributed by atoms with van der Waals surface area (Å²) in [7, 11) is -3.10. The molecule has 0 bridgehead atoms. The molecule has 0 radical (unpaired) electrons. The predicted molar refractivity (Wildman–Crippen MR) is 80.8 cm³/mol. The topological polar surface area (TPSA) is 120 Å². The zero-order valence-electron chi connectivity index (χ0n) is 12.5. The van der Waals surface area contributed by atoms with E-state index >= 15 is 0 Å². The van der Waals surface area contributed by atoms with Gasteiger partial charge in [-0.1, -0.05) is 0 Å². The Morgan fingerprint density at radius 1 is 1.57 bits per heavy atom. The maximum Gasteiger partial charge on any atom is 0.406 e. The lowest BCUT2D eigenvalue weighted by Crippen LogP contribution is -2.43. The second-order valence-electron chi connectivity index (χ2n) is 5.11. The van der Waals surface area contributed by atoms with Crippen LogP contribution in [-0.4, -0.2) is 59.8 Å². The van der Waals surface area contributed by atoms with Crippen molar-refractivity contribution in [2.75, 3.05) is 24.7 Å². The number of ether oxygens (including phenoxy) is 1. The number of carbonyl (C=O) groups is 1. The van der Waals surface area contributed by atoms with Crippen LogP contribution in [0.2, 0.25) is 0 Å². The Morgan fingerprint density at radius 3 is 2.87 bits per heavy atom. The number of sulfone groups is 1. The van der Waals surface area contributed by atoms with Crippen molar-refractivity contribution < 1.29 is 22.9 Å². The molecule has 1 aliphatic heterocycles. The smallest absolute Gasteiger partial charge is 0.406 e. The monoisotopic (exact) mass is 343 g/mol. The van der Waals surface area contributed by atoms with Crippen molar-refractivity contribution in [2.24, 2.45) is 0 Å². The van der Waals surface area contributed by atoms with Gasteiger partial charge in [0.2, 0.25) is 5.75 Å². The van der Waals surface area contributed by atoms with Crippen molar-refractivity contribution in [3.8, 4) is 5.75 Å². The van der Waals surface area contributed by atoms with E-state index in [1.807, 2.05) is 0 Å². The van der Waals surface area contributed by atoms with Gasteiger partial charge in [0.15, 0.2) is 16.4 Å². The van der Waals surface area contributed by atoms with Crippen molar-refractivity contribution in [1.29, 1.82) is 0 Å². The largest absolute Gasteiger partial charge is 0.476 e. The van der Waals surface area contributed by atoms with Gasteiger partial charge in [0, 0.05) is 12.6 Å². The van der Waals surface area contributed by atoms with E-state index in [-0.39, 0.29) is 23.3 Å². The lowest BCUT2D eigenvalue weighted by Gasteiger charge is -2.26. The Labute approximate surface area is 133 Å². The standard InChI is InChI=1S/C13H17N3O6S/c1-2-15(10-5-7-23(20,21)9-10)12(17)8-22-11-4-3-6-14-13(11)16(18)19/h3-4,6,10H,2,5,7-9H2,1H3/t10-/m0/s1. The van der Waals surface area contributed by atoms with Gasteiger partial charge in [0.05, 0.1) is 11.5 Å². The first-order chi connectivity index (χ1) is 10.8. The average Bonchev–Trinajstić information content (AvgIpc) is 2.86. The van der Waals surface area contributed by atoms with E-state index in [2.05, 4.69) is 4.98 Å². The number of rotatable bonds is 6. The summed E-state index contributed by atoms with van der Waals surface area (Å²) in [5.41, 5.74) is 0. The molecular formula is C13H17N3O6S. The molecule has 0 saturated carbocycles. The van der Waals surface area contributed by atoms with Crippen LogP contribution < -0.4 is 4.74 Å². The SMILES string of the molecule is CCN(C(=O)COc1cccnc1[N+](=O)[O-])[C@H]1CCS(=O)(=O)C1. The number of aromatic nitrogens is 1. The van der Waals surface area contributed by atoms with Crippen molar-refractivity contribution in [1.82, 2.24) is 9.88 Å². The minimum atomic E-state index is -3.10. The van der Waals surface area contributed by atoms with E-state index in [4.69, 9.17) is 4.74 Å². The first-order valence-corrected chi connectivity index (χ1v) is 8.88. The highest BCUT2D eigenvalue weighted by Gasteiger charge is 2.34. The molecule has 0 spiro atoms. The van der Waals surface area contributed by atoms with Crippen LogP contribution in [0.5, 0.6) is 5.75 Å². The second kappa shape index (κ2) is 6.90. The summed E-state index contributed by atoms with van der Waals surface area (Å²) < 4.78 is 28.3. The zero-order chi connectivity index (χ0) is 17.0. The maximum absolute atomic E-state index is 12.2. The molecular weight excluding hydrogens is 326 g/mol. The number of carbonyl (C=O) groups excluding carboxylic acids is 1. The Kier molecular flexibility index (Phi) is 5.14. The summed E-state index contributed by atoms with van der Waals surface area (Å²) in [5, 5.41) is 10.8. The molecule has 126 valence electrons. The zero-order valence-corrected chi connectivity index (χ0v) is 13.4. The van der Waals surface area contributed by atoms with E-state index in [9.17, 15) is 23.3 Å². The van der Waals surface area contributed by atoms with Gasteiger partial charge in [-0.25, -0.2) is 8.42 Å². The molecule has 23 heavy (non-hydrogen) atoms. The van der Waals surface area contributed by atoms with E-state index < -0.39 is 33.1 Å². The summed E-state index contributed by atoms with van der Waals surface area (Å²) in [6, 6.07) is 2.45. The van der Waals surface area contributed by atoms with Gasteiger partial charge < -0.3 is 19.8 Å². The molecule has 0 N–H and O–H groups in total. The highest BCUT2D eigenvalue weighted by molar-refractivity contribution is 7.91. The molecule has 9 nitrogen and oxygen atoms in total. The maximum atomic E-state index is 12.2. The van der Waals surface area contributed by atoms with E-state index in [0.717, 1.165) is 0 Å². The van der Waals surface area contributed by atoms with Crippen molar-refractivity contribution >= 4 is 21.6 Å². The van der Waals surface area contributed by atoms with Crippen LogP contribution in [-0.2, 0) is 14.6 Å². The van der Waals surface area contributed by atoms with Crippen molar-refractivity contribution in [2.45, 2.75) is 19.4 Å². The highest BCUT2D eigenvalue weighted by atomic mass is 32.2. The Bertz CT molecular complexity index is 705. The predicted octanol–water partition coefficient (Wildman–Crippen LogP) is 0.404. The first-order valence-electron chi connectivity index (χ1n) is 7.06. The third kappa shape index (κ3) is 4.15. The van der Waals surface area contributed by atoms with Crippen molar-refractivity contribution in [3.05, 3.63) is 28.4 Å². The third-order valence-electron chi connectivity index (χ3n) is 3.59. The van der Waals surface area contributed by atoms with Gasteiger partial charge in [0.25, 0.3) is 5.91 Å². The highest BCUT2D eigenvalue weighted by Crippen LogP contribution is 2.23. The third-order valence-corrected chi connectivity index (χ3v) is 5.34. The molecule has 1 aromatic rings. The van der Waals surface area contributed by atoms with Gasteiger partial charge in [-0.15, -0.1) is 0 Å². The number of pyridine rings is 1. The summed E-state index contributed by atoms with van der Waals surface area (Å²) in [5.74, 6) is -0.962. The number of nitro groups is 1. The Morgan fingerprint density at radius 2 is 2.30 bits per heavy atom. The molecule has 2 rings (SSSR count). The molecule has 1 aromatic heterocycles. The fourth-order valence-electron chi connectivity index (χ4n) is 2.51. The Balaban J connectivity index is 2.02. The fourth-order valence-corrected chi connectivity index (χ4v) is 4.24. The molecule has 1 amide bonds. The number of amides is 1. The number of nitrogens with zero attached hydrogens (tertiary/aromatic N) is 3. The number of hydrogen-bond donors (Lipinski definition) is 0. The van der Waals surface area contributed by atoms with Crippen LogP contribution >= 0.6 is 0 Å². The lowest BCUT2D eigenvalue weighted by molar-refractivity contribution is -0.390. The average molecular weight is 343 g/mol. The fraction of sp³-hybridized carbons (Fsp3) is 0.538. The molecule has 1 saturated heterocycles. The number of likely N-dealkylation sites (N-methyl/N-ethyl adjacent to an activating group) is 1. The lowest BCUT2D eigenvalue weighted by atomic mass is 10.2. The van der Waals surface area contributed by atoms with Gasteiger partial charge in [-0.3, -0.25) is 4.79 Å². The minimum absolute atomic E-state index is 0.0559. The molecule has 0 aromatic carbocycles. The van der Waals surface area contributed by atoms with Crippen LogP contribution in [0, 0.1) is 10.1 Å². The van der Waals surface area contributed by atoms with Gasteiger partial charge in [0.1, 0.15) is 6.20 Å². The molecule has 1 fully saturated rings. The summed E-state index contributed by atoms with van der Waals surface area (Å²) in [6.07, 6.45) is 1.66. The second-order valence-corrected chi connectivity index (χ2v) is 7.34. The summed E-state index contributed by atoms with van der Waals surface area (Å²) in [6.45, 7) is 1.68. The minimum Gasteiger partial charge on any atom is -0.476 e.